The van der Waals surface area contributed by atoms with Gasteiger partial charge in [-0.2, -0.15) is 10.2 Å². The lowest BCUT2D eigenvalue weighted by Crippen LogP contribution is -2.10. The number of rotatable bonds is 2. The molecule has 0 atom stereocenters. The molecule has 19 heavy (non-hydrogen) atoms. The van der Waals surface area contributed by atoms with Gasteiger partial charge in [-0.15, -0.1) is 0 Å². The highest BCUT2D eigenvalue weighted by molar-refractivity contribution is 5.81. The van der Waals surface area contributed by atoms with Gasteiger partial charge in [0.15, 0.2) is 5.65 Å². The number of hydrogen-bond acceptors (Lipinski definition) is 3. The summed E-state index contributed by atoms with van der Waals surface area (Å²) in [5.41, 5.74) is 2.66. The average Bonchev–Trinajstić information content (AvgIpc) is 2.78. The fourth-order valence-electron chi connectivity index (χ4n) is 2.26. The van der Waals surface area contributed by atoms with E-state index in [1.165, 1.54) is 0 Å². The minimum atomic E-state index is -0.0649. The van der Waals surface area contributed by atoms with Crippen molar-refractivity contribution in [1.82, 2.24) is 20.0 Å². The van der Waals surface area contributed by atoms with Crippen LogP contribution in [0.2, 0.25) is 0 Å². The first kappa shape index (κ1) is 11.6. The van der Waals surface area contributed by atoms with Crippen LogP contribution in [0.25, 0.3) is 22.3 Å². The van der Waals surface area contributed by atoms with Crippen LogP contribution in [0, 0.1) is 0 Å². The van der Waals surface area contributed by atoms with Crippen molar-refractivity contribution in [2.24, 2.45) is 7.05 Å². The van der Waals surface area contributed by atoms with Gasteiger partial charge in [0.25, 0.3) is 0 Å². The number of nitrogens with zero attached hydrogens (tertiary/aromatic N) is 3. The highest BCUT2D eigenvalue weighted by atomic mass is 16.1. The molecule has 5 heteroatoms. The van der Waals surface area contributed by atoms with Crippen molar-refractivity contribution in [2.45, 2.75) is 13.3 Å². The van der Waals surface area contributed by atoms with E-state index in [0.29, 0.717) is 16.7 Å². The number of aromatic nitrogens is 4. The Hall–Kier alpha value is -2.43. The van der Waals surface area contributed by atoms with Crippen molar-refractivity contribution in [2.75, 3.05) is 0 Å². The first-order valence-corrected chi connectivity index (χ1v) is 6.22. The van der Waals surface area contributed by atoms with Gasteiger partial charge in [0.05, 0.1) is 11.1 Å². The van der Waals surface area contributed by atoms with Crippen molar-refractivity contribution in [3.8, 4) is 11.3 Å². The van der Waals surface area contributed by atoms with E-state index in [4.69, 9.17) is 0 Å². The molecule has 0 aliphatic rings. The lowest BCUT2D eigenvalue weighted by atomic mass is 10.1. The van der Waals surface area contributed by atoms with Gasteiger partial charge >= 0.3 is 0 Å². The van der Waals surface area contributed by atoms with Gasteiger partial charge in [0, 0.05) is 12.6 Å². The van der Waals surface area contributed by atoms with Crippen LogP contribution in [0.5, 0.6) is 0 Å². The third kappa shape index (κ3) is 1.74. The maximum Gasteiger partial charge on any atom is 0.219 e. The maximum atomic E-state index is 12.6. The van der Waals surface area contributed by atoms with Crippen LogP contribution in [-0.2, 0) is 13.5 Å². The van der Waals surface area contributed by atoms with Crippen molar-refractivity contribution in [3.63, 3.8) is 0 Å². The average molecular weight is 254 g/mol. The summed E-state index contributed by atoms with van der Waals surface area (Å²) in [6, 6.07) is 9.46. The van der Waals surface area contributed by atoms with Crippen molar-refractivity contribution < 1.29 is 0 Å². The minimum Gasteiger partial charge on any atom is -0.287 e. The normalized spacial score (nSPS) is 11.1. The molecule has 5 nitrogen and oxygen atoms in total. The fourth-order valence-corrected chi connectivity index (χ4v) is 2.26. The molecular weight excluding hydrogens is 240 g/mol. The topological polar surface area (TPSA) is 63.6 Å². The summed E-state index contributed by atoms with van der Waals surface area (Å²) in [7, 11) is 1.81. The second kappa shape index (κ2) is 4.35. The third-order valence-electron chi connectivity index (χ3n) is 3.22. The Bertz CT molecular complexity index is 786. The van der Waals surface area contributed by atoms with E-state index in [0.717, 1.165) is 17.7 Å². The van der Waals surface area contributed by atoms with Crippen LogP contribution < -0.4 is 5.43 Å². The van der Waals surface area contributed by atoms with Crippen LogP contribution >= 0.6 is 0 Å². The molecule has 0 spiro atoms. The first-order valence-electron chi connectivity index (χ1n) is 6.22. The molecular formula is C14H14N4O. The first-order chi connectivity index (χ1) is 9.22. The van der Waals surface area contributed by atoms with Gasteiger partial charge < -0.3 is 0 Å². The molecule has 2 aromatic heterocycles. The predicted octanol–water partition coefficient (Wildman–Crippen LogP) is 1.89. The van der Waals surface area contributed by atoms with Crippen molar-refractivity contribution in [3.05, 3.63) is 46.2 Å². The van der Waals surface area contributed by atoms with E-state index >= 15 is 0 Å². The van der Waals surface area contributed by atoms with Gasteiger partial charge in [-0.05, 0) is 6.42 Å². The zero-order valence-electron chi connectivity index (χ0n) is 10.8. The van der Waals surface area contributed by atoms with Gasteiger partial charge in [-0.1, -0.05) is 37.3 Å². The summed E-state index contributed by atoms with van der Waals surface area (Å²) >= 11 is 0. The number of hydrogen-bond donors (Lipinski definition) is 1. The Morgan fingerprint density at radius 3 is 2.68 bits per heavy atom. The fraction of sp³-hybridized carbons (Fsp3) is 0.214. The van der Waals surface area contributed by atoms with E-state index in [9.17, 15) is 4.79 Å². The monoisotopic (exact) mass is 254 g/mol. The molecule has 0 bridgehead atoms. The van der Waals surface area contributed by atoms with Gasteiger partial charge in [-0.3, -0.25) is 14.6 Å². The van der Waals surface area contributed by atoms with Crippen LogP contribution in [0.1, 0.15) is 12.6 Å². The largest absolute Gasteiger partial charge is 0.287 e. The molecule has 2 heterocycles. The lowest BCUT2D eigenvalue weighted by molar-refractivity contribution is 0.756. The molecule has 0 amide bonds. The zero-order chi connectivity index (χ0) is 13.4. The Labute approximate surface area is 109 Å². The smallest absolute Gasteiger partial charge is 0.219 e. The second-order valence-corrected chi connectivity index (χ2v) is 4.41. The van der Waals surface area contributed by atoms with Crippen LogP contribution in [0.3, 0.4) is 0 Å². The lowest BCUT2D eigenvalue weighted by Gasteiger charge is -2.00. The Balaban J connectivity index is 2.36. The number of nitrogens with one attached hydrogen (secondary N) is 1. The Morgan fingerprint density at radius 1 is 1.26 bits per heavy atom. The summed E-state index contributed by atoms with van der Waals surface area (Å²) < 4.78 is 1.66. The predicted molar refractivity (Wildman–Crippen MR) is 73.9 cm³/mol. The molecule has 1 N–H and O–H groups in total. The minimum absolute atomic E-state index is 0.0649. The quantitative estimate of drug-likeness (QED) is 0.759. The number of aromatic amines is 1. The molecule has 3 rings (SSSR count). The number of benzene rings is 1. The highest BCUT2D eigenvalue weighted by Gasteiger charge is 2.15. The number of H-pyrrole nitrogens is 1. The third-order valence-corrected chi connectivity index (χ3v) is 3.22. The Morgan fingerprint density at radius 2 is 2.00 bits per heavy atom. The van der Waals surface area contributed by atoms with Gasteiger partial charge in [0.2, 0.25) is 5.43 Å². The van der Waals surface area contributed by atoms with Crippen molar-refractivity contribution in [1.29, 1.82) is 0 Å². The highest BCUT2D eigenvalue weighted by Crippen LogP contribution is 2.17. The number of aryl methyl sites for hydroxylation is 2. The maximum absolute atomic E-state index is 12.6. The molecule has 0 unspecified atom stereocenters. The van der Waals surface area contributed by atoms with Gasteiger partial charge in [-0.25, -0.2) is 0 Å². The van der Waals surface area contributed by atoms with E-state index in [2.05, 4.69) is 15.3 Å². The molecule has 0 fully saturated rings. The van der Waals surface area contributed by atoms with E-state index < -0.39 is 0 Å². The standard InChI is InChI=1S/C14H14N4O/c1-3-10-11-13(19)12(9-7-5-4-6-8-9)15-16-14(11)18(2)17-10/h4-8H,3H2,1-2H3,(H,16,19). The zero-order valence-corrected chi connectivity index (χ0v) is 10.8. The molecule has 0 radical (unpaired) electrons. The second-order valence-electron chi connectivity index (χ2n) is 4.41. The van der Waals surface area contributed by atoms with Crippen LogP contribution in [0.4, 0.5) is 0 Å². The molecule has 1 aromatic carbocycles. The molecule has 0 saturated carbocycles. The number of fused-ring (bicyclic) bond motifs is 1. The van der Waals surface area contributed by atoms with Gasteiger partial charge in [0.1, 0.15) is 5.69 Å². The van der Waals surface area contributed by atoms with Crippen LogP contribution in [-0.4, -0.2) is 20.0 Å². The van der Waals surface area contributed by atoms with E-state index in [-0.39, 0.29) is 5.43 Å². The SMILES string of the molecule is CCc1nn(C)c2[nH]nc(-c3ccccc3)c(=O)c12. The summed E-state index contributed by atoms with van der Waals surface area (Å²) in [6.45, 7) is 1.99. The summed E-state index contributed by atoms with van der Waals surface area (Å²) in [5.74, 6) is 0. The van der Waals surface area contributed by atoms with Crippen LogP contribution in [0.15, 0.2) is 35.1 Å². The molecule has 0 aliphatic carbocycles. The summed E-state index contributed by atoms with van der Waals surface area (Å²) in [5, 5.41) is 12.1. The summed E-state index contributed by atoms with van der Waals surface area (Å²) in [6.07, 6.45) is 0.721. The van der Waals surface area contributed by atoms with E-state index in [1.807, 2.05) is 37.3 Å². The molecule has 0 saturated heterocycles. The molecule has 0 aliphatic heterocycles. The Kier molecular flexibility index (Phi) is 2.67. The van der Waals surface area contributed by atoms with E-state index in [1.54, 1.807) is 11.7 Å². The summed E-state index contributed by atoms with van der Waals surface area (Å²) in [4.78, 5) is 12.6. The molecule has 96 valence electrons. The molecule has 3 aromatic rings. The van der Waals surface area contributed by atoms with Crippen molar-refractivity contribution >= 4 is 11.0 Å².